The molecule has 1 aliphatic carbocycles. The molecule has 158 valence electrons. The second kappa shape index (κ2) is 12.1. The van der Waals surface area contributed by atoms with Crippen LogP contribution in [0.2, 0.25) is 0 Å². The summed E-state index contributed by atoms with van der Waals surface area (Å²) >= 11 is 0. The first-order valence-corrected chi connectivity index (χ1v) is 10.2. The highest BCUT2D eigenvalue weighted by molar-refractivity contribution is 5.85. The first-order chi connectivity index (χ1) is 12.1. The Labute approximate surface area is 176 Å². The number of carbonyl (C=O) groups is 2. The lowest BCUT2D eigenvalue weighted by atomic mass is 9.85. The molecule has 0 spiro atoms. The van der Waals surface area contributed by atoms with Crippen molar-refractivity contribution in [1.29, 1.82) is 0 Å². The first-order valence-electron chi connectivity index (χ1n) is 10.2. The maximum absolute atomic E-state index is 12.7. The van der Waals surface area contributed by atoms with Gasteiger partial charge in [-0.3, -0.25) is 14.5 Å². The molecule has 2 unspecified atom stereocenters. The molecule has 0 aromatic heterocycles. The Morgan fingerprint density at radius 3 is 2.00 bits per heavy atom. The van der Waals surface area contributed by atoms with Gasteiger partial charge in [-0.1, -0.05) is 19.3 Å². The summed E-state index contributed by atoms with van der Waals surface area (Å²) in [6.45, 7) is 5.46. The summed E-state index contributed by atoms with van der Waals surface area (Å²) in [5, 5.41) is 0. The number of nitrogens with zero attached hydrogens (tertiary/aromatic N) is 3. The molecule has 2 amide bonds. The van der Waals surface area contributed by atoms with E-state index < -0.39 is 0 Å². The normalized spacial score (nSPS) is 27.1. The SMILES string of the molecule is Cl.Cl.NC1CCCC(C(=O)N2CCN(CC(=O)N3CCCCCC3)CC2)C1. The van der Waals surface area contributed by atoms with Crippen LogP contribution in [0, 0.1) is 5.92 Å². The minimum Gasteiger partial charge on any atom is -0.342 e. The van der Waals surface area contributed by atoms with Crippen LogP contribution in [-0.2, 0) is 9.59 Å². The topological polar surface area (TPSA) is 69.9 Å². The van der Waals surface area contributed by atoms with Gasteiger partial charge in [0.2, 0.25) is 11.8 Å². The third-order valence-electron chi connectivity index (χ3n) is 6.07. The minimum absolute atomic E-state index is 0. The second-order valence-corrected chi connectivity index (χ2v) is 8.02. The molecule has 27 heavy (non-hydrogen) atoms. The molecule has 3 aliphatic rings. The van der Waals surface area contributed by atoms with Crippen molar-refractivity contribution in [3.63, 3.8) is 0 Å². The predicted octanol–water partition coefficient (Wildman–Crippen LogP) is 1.89. The van der Waals surface area contributed by atoms with Gasteiger partial charge in [-0.2, -0.15) is 0 Å². The van der Waals surface area contributed by atoms with Crippen molar-refractivity contribution in [3.05, 3.63) is 0 Å². The molecule has 8 heteroatoms. The van der Waals surface area contributed by atoms with E-state index in [2.05, 4.69) is 4.90 Å². The molecule has 1 saturated carbocycles. The Morgan fingerprint density at radius 1 is 0.778 bits per heavy atom. The van der Waals surface area contributed by atoms with Gasteiger partial charge < -0.3 is 15.5 Å². The van der Waals surface area contributed by atoms with Crippen LogP contribution in [0.3, 0.4) is 0 Å². The van der Waals surface area contributed by atoms with E-state index in [0.29, 0.717) is 6.54 Å². The molecule has 2 N–H and O–H groups in total. The number of likely N-dealkylation sites (tertiary alicyclic amines) is 1. The third-order valence-corrected chi connectivity index (χ3v) is 6.07. The molecule has 2 heterocycles. The zero-order chi connectivity index (χ0) is 17.6. The molecule has 0 aromatic rings. The number of carbonyl (C=O) groups excluding carboxylic acids is 2. The molecule has 0 aromatic carbocycles. The maximum atomic E-state index is 12.7. The van der Waals surface area contributed by atoms with Crippen LogP contribution in [0.4, 0.5) is 0 Å². The summed E-state index contributed by atoms with van der Waals surface area (Å²) in [4.78, 5) is 31.4. The number of hydrogen-bond acceptors (Lipinski definition) is 4. The van der Waals surface area contributed by atoms with Crippen LogP contribution in [0.1, 0.15) is 51.4 Å². The molecular formula is C19H36Cl2N4O2. The van der Waals surface area contributed by atoms with E-state index in [-0.39, 0.29) is 48.6 Å². The molecule has 2 atom stereocenters. The van der Waals surface area contributed by atoms with E-state index in [1.165, 1.54) is 12.8 Å². The summed E-state index contributed by atoms with van der Waals surface area (Å²) in [5.74, 6) is 0.669. The van der Waals surface area contributed by atoms with Gasteiger partial charge in [-0.25, -0.2) is 0 Å². The van der Waals surface area contributed by atoms with Crippen LogP contribution in [-0.4, -0.2) is 78.4 Å². The van der Waals surface area contributed by atoms with Gasteiger partial charge >= 0.3 is 0 Å². The molecule has 3 rings (SSSR count). The fourth-order valence-electron chi connectivity index (χ4n) is 4.45. The Kier molecular flexibility index (Phi) is 11.0. The van der Waals surface area contributed by atoms with E-state index in [1.807, 2.05) is 9.80 Å². The first kappa shape index (κ1) is 24.5. The zero-order valence-corrected chi connectivity index (χ0v) is 17.9. The number of halogens is 2. The largest absolute Gasteiger partial charge is 0.342 e. The van der Waals surface area contributed by atoms with Crippen LogP contribution >= 0.6 is 24.8 Å². The Bertz CT molecular complexity index is 465. The Balaban J connectivity index is 0.00000182. The highest BCUT2D eigenvalue weighted by atomic mass is 35.5. The van der Waals surface area contributed by atoms with Gasteiger partial charge in [-0.05, 0) is 32.1 Å². The molecule has 2 saturated heterocycles. The second-order valence-electron chi connectivity index (χ2n) is 8.02. The minimum atomic E-state index is 0. The van der Waals surface area contributed by atoms with E-state index in [9.17, 15) is 9.59 Å². The Hall–Kier alpha value is -0.560. The van der Waals surface area contributed by atoms with Gasteiger partial charge in [0.05, 0.1) is 6.54 Å². The molecule has 0 bridgehead atoms. The van der Waals surface area contributed by atoms with Gasteiger partial charge in [0.15, 0.2) is 0 Å². The highest BCUT2D eigenvalue weighted by Gasteiger charge is 2.31. The van der Waals surface area contributed by atoms with E-state index >= 15 is 0 Å². The van der Waals surface area contributed by atoms with Gasteiger partial charge in [0.25, 0.3) is 0 Å². The lowest BCUT2D eigenvalue weighted by Gasteiger charge is -2.38. The van der Waals surface area contributed by atoms with Gasteiger partial charge in [-0.15, -0.1) is 24.8 Å². The van der Waals surface area contributed by atoms with E-state index in [4.69, 9.17) is 5.73 Å². The number of rotatable bonds is 3. The number of amides is 2. The van der Waals surface area contributed by atoms with Crippen molar-refractivity contribution in [1.82, 2.24) is 14.7 Å². The monoisotopic (exact) mass is 422 g/mol. The summed E-state index contributed by atoms with van der Waals surface area (Å²) in [7, 11) is 0. The third kappa shape index (κ3) is 7.08. The van der Waals surface area contributed by atoms with Crippen molar-refractivity contribution in [2.24, 2.45) is 11.7 Å². The number of piperazine rings is 1. The van der Waals surface area contributed by atoms with Gasteiger partial charge in [0, 0.05) is 51.2 Å². The van der Waals surface area contributed by atoms with Crippen LogP contribution in [0.25, 0.3) is 0 Å². The zero-order valence-electron chi connectivity index (χ0n) is 16.3. The van der Waals surface area contributed by atoms with Crippen molar-refractivity contribution >= 4 is 36.6 Å². The van der Waals surface area contributed by atoms with E-state index in [1.54, 1.807) is 0 Å². The van der Waals surface area contributed by atoms with E-state index in [0.717, 1.165) is 77.8 Å². The highest BCUT2D eigenvalue weighted by Crippen LogP contribution is 2.25. The summed E-state index contributed by atoms with van der Waals surface area (Å²) < 4.78 is 0. The molecule has 3 fully saturated rings. The van der Waals surface area contributed by atoms with Crippen molar-refractivity contribution < 1.29 is 9.59 Å². The van der Waals surface area contributed by atoms with Crippen molar-refractivity contribution in [2.75, 3.05) is 45.8 Å². The van der Waals surface area contributed by atoms with Crippen LogP contribution < -0.4 is 5.73 Å². The average molecular weight is 423 g/mol. The standard InChI is InChI=1S/C19H34N4O2.2ClH/c20-17-7-5-6-16(14-17)19(25)23-12-10-21(11-13-23)15-18(24)22-8-3-1-2-4-9-22;;/h16-17H,1-15,20H2;2*1H. The maximum Gasteiger partial charge on any atom is 0.236 e. The number of hydrogen-bond donors (Lipinski definition) is 1. The van der Waals surface area contributed by atoms with Crippen LogP contribution in [0.15, 0.2) is 0 Å². The fraction of sp³-hybridized carbons (Fsp3) is 0.895. The predicted molar refractivity (Wildman–Crippen MR) is 112 cm³/mol. The van der Waals surface area contributed by atoms with Crippen molar-refractivity contribution in [3.8, 4) is 0 Å². The van der Waals surface area contributed by atoms with Crippen molar-refractivity contribution in [2.45, 2.75) is 57.4 Å². The summed E-state index contributed by atoms with van der Waals surface area (Å²) in [6.07, 6.45) is 8.71. The lowest BCUT2D eigenvalue weighted by Crippen LogP contribution is -2.53. The smallest absolute Gasteiger partial charge is 0.236 e. The Morgan fingerprint density at radius 2 is 1.41 bits per heavy atom. The fourth-order valence-corrected chi connectivity index (χ4v) is 4.45. The number of nitrogens with two attached hydrogens (primary N) is 1. The molecule has 0 radical (unpaired) electrons. The van der Waals surface area contributed by atoms with Crippen LogP contribution in [0.5, 0.6) is 0 Å². The molecular weight excluding hydrogens is 387 g/mol. The lowest BCUT2D eigenvalue weighted by molar-refractivity contribution is -0.139. The molecule has 2 aliphatic heterocycles. The average Bonchev–Trinajstić information content (AvgIpc) is 2.91. The summed E-state index contributed by atoms with van der Waals surface area (Å²) in [6, 6.07) is 0.190. The summed E-state index contributed by atoms with van der Waals surface area (Å²) in [5.41, 5.74) is 6.03. The molecule has 6 nitrogen and oxygen atoms in total. The van der Waals surface area contributed by atoms with Gasteiger partial charge in [0.1, 0.15) is 0 Å². The quantitative estimate of drug-likeness (QED) is 0.753.